The first kappa shape index (κ1) is 17.7. The average molecular weight is 306 g/mol. The lowest BCUT2D eigenvalue weighted by Crippen LogP contribution is -2.34. The maximum absolute atomic E-state index is 11.8. The Morgan fingerprint density at radius 3 is 2.32 bits per heavy atom. The van der Waals surface area contributed by atoms with E-state index in [1.807, 2.05) is 0 Å². The second-order valence-corrected chi connectivity index (χ2v) is 4.60. The van der Waals surface area contributed by atoms with Gasteiger partial charge in [-0.2, -0.15) is 0 Å². The summed E-state index contributed by atoms with van der Waals surface area (Å²) in [5.74, 6) is -1.13. The average Bonchev–Trinajstić information content (AvgIpc) is 2.27. The number of rotatable bonds is 4. The van der Waals surface area contributed by atoms with Crippen LogP contribution in [0.15, 0.2) is 18.2 Å². The van der Waals surface area contributed by atoms with Crippen molar-refractivity contribution in [3.63, 3.8) is 0 Å². The zero-order chi connectivity index (χ0) is 13.9. The standard InChI is InChI=1S/C12H16ClN3O2.ClH/c1-6(7(2)14)12(18)16-8-3-4-9(11(15)17)10(13)5-8;/h3-7H,14H2,1-2H3,(H2,15,17)(H,16,18);1H. The molecule has 19 heavy (non-hydrogen) atoms. The van der Waals surface area contributed by atoms with E-state index in [9.17, 15) is 9.59 Å². The van der Waals surface area contributed by atoms with Gasteiger partial charge >= 0.3 is 0 Å². The van der Waals surface area contributed by atoms with Crippen LogP contribution in [-0.2, 0) is 4.79 Å². The molecule has 0 bridgehead atoms. The molecule has 0 aliphatic heterocycles. The number of halogens is 2. The van der Waals surface area contributed by atoms with Crippen LogP contribution < -0.4 is 16.8 Å². The molecule has 0 saturated heterocycles. The molecule has 5 nitrogen and oxygen atoms in total. The van der Waals surface area contributed by atoms with Crippen molar-refractivity contribution in [1.29, 1.82) is 0 Å². The summed E-state index contributed by atoms with van der Waals surface area (Å²) < 4.78 is 0. The fourth-order valence-electron chi connectivity index (χ4n) is 1.29. The van der Waals surface area contributed by atoms with E-state index in [1.165, 1.54) is 12.1 Å². The molecule has 0 heterocycles. The third-order valence-electron chi connectivity index (χ3n) is 2.70. The second-order valence-electron chi connectivity index (χ2n) is 4.20. The number of amides is 2. The molecule has 0 aromatic heterocycles. The van der Waals surface area contributed by atoms with E-state index in [-0.39, 0.29) is 40.9 Å². The largest absolute Gasteiger partial charge is 0.366 e. The van der Waals surface area contributed by atoms with Gasteiger partial charge in [-0.25, -0.2) is 0 Å². The number of hydrogen-bond acceptors (Lipinski definition) is 3. The number of benzene rings is 1. The summed E-state index contributed by atoms with van der Waals surface area (Å²) in [6.07, 6.45) is 0. The Bertz CT molecular complexity index is 478. The minimum atomic E-state index is -0.609. The molecule has 5 N–H and O–H groups in total. The van der Waals surface area contributed by atoms with Gasteiger partial charge in [0.2, 0.25) is 11.8 Å². The first-order chi connectivity index (χ1) is 8.32. The van der Waals surface area contributed by atoms with Crippen LogP contribution in [0.3, 0.4) is 0 Å². The van der Waals surface area contributed by atoms with Gasteiger partial charge in [0.05, 0.1) is 16.5 Å². The van der Waals surface area contributed by atoms with Gasteiger partial charge in [-0.1, -0.05) is 18.5 Å². The highest BCUT2D eigenvalue weighted by Crippen LogP contribution is 2.21. The number of anilines is 1. The van der Waals surface area contributed by atoms with Crippen LogP contribution in [0.1, 0.15) is 24.2 Å². The summed E-state index contributed by atoms with van der Waals surface area (Å²) in [5.41, 5.74) is 11.5. The van der Waals surface area contributed by atoms with Crippen LogP contribution in [0, 0.1) is 5.92 Å². The molecule has 1 aromatic rings. The zero-order valence-electron chi connectivity index (χ0n) is 10.6. The van der Waals surface area contributed by atoms with Crippen LogP contribution in [-0.4, -0.2) is 17.9 Å². The first-order valence-electron chi connectivity index (χ1n) is 5.48. The predicted octanol–water partition coefficient (Wildman–Crippen LogP) is 1.78. The Labute approximate surface area is 123 Å². The van der Waals surface area contributed by atoms with E-state index in [2.05, 4.69) is 5.32 Å². The lowest BCUT2D eigenvalue weighted by Gasteiger charge is -2.15. The van der Waals surface area contributed by atoms with Crippen molar-refractivity contribution in [3.8, 4) is 0 Å². The Kier molecular flexibility index (Phi) is 6.83. The third kappa shape index (κ3) is 4.70. The quantitative estimate of drug-likeness (QED) is 0.790. The van der Waals surface area contributed by atoms with Gasteiger partial charge in [-0.15, -0.1) is 12.4 Å². The highest BCUT2D eigenvalue weighted by atomic mass is 35.5. The van der Waals surface area contributed by atoms with Crippen molar-refractivity contribution in [2.75, 3.05) is 5.32 Å². The molecule has 0 radical (unpaired) electrons. The minimum Gasteiger partial charge on any atom is -0.366 e. The number of hydrogen-bond donors (Lipinski definition) is 3. The molecule has 0 spiro atoms. The predicted molar refractivity (Wildman–Crippen MR) is 78.7 cm³/mol. The lowest BCUT2D eigenvalue weighted by atomic mass is 10.0. The van der Waals surface area contributed by atoms with Crippen LogP contribution in [0.2, 0.25) is 5.02 Å². The van der Waals surface area contributed by atoms with Crippen molar-refractivity contribution >= 4 is 41.5 Å². The molecule has 0 saturated carbocycles. The van der Waals surface area contributed by atoms with Crippen LogP contribution >= 0.6 is 24.0 Å². The smallest absolute Gasteiger partial charge is 0.250 e. The summed E-state index contributed by atoms with van der Waals surface area (Å²) >= 11 is 5.87. The summed E-state index contributed by atoms with van der Waals surface area (Å²) in [6, 6.07) is 4.27. The number of carbonyl (C=O) groups excluding carboxylic acids is 2. The molecule has 2 atom stereocenters. The number of nitrogens with one attached hydrogen (secondary N) is 1. The zero-order valence-corrected chi connectivity index (χ0v) is 12.2. The maximum atomic E-state index is 11.8. The monoisotopic (exact) mass is 305 g/mol. The topological polar surface area (TPSA) is 98.2 Å². The molecule has 2 unspecified atom stereocenters. The van der Waals surface area contributed by atoms with E-state index in [4.69, 9.17) is 23.1 Å². The fraction of sp³-hybridized carbons (Fsp3) is 0.333. The van der Waals surface area contributed by atoms with Gasteiger partial charge in [0.1, 0.15) is 0 Å². The number of primary amides is 1. The number of carbonyl (C=O) groups is 2. The summed E-state index contributed by atoms with van der Waals surface area (Å²) in [7, 11) is 0. The van der Waals surface area contributed by atoms with E-state index < -0.39 is 5.91 Å². The van der Waals surface area contributed by atoms with Crippen LogP contribution in [0.5, 0.6) is 0 Å². The third-order valence-corrected chi connectivity index (χ3v) is 3.02. The van der Waals surface area contributed by atoms with Gasteiger partial charge in [-0.3, -0.25) is 9.59 Å². The molecule has 2 amide bonds. The van der Waals surface area contributed by atoms with E-state index in [0.717, 1.165) is 0 Å². The molecule has 0 aliphatic carbocycles. The Balaban J connectivity index is 0.00000324. The van der Waals surface area contributed by atoms with Crippen LogP contribution in [0.4, 0.5) is 5.69 Å². The Morgan fingerprint density at radius 2 is 1.89 bits per heavy atom. The molecule has 106 valence electrons. The van der Waals surface area contributed by atoms with Crippen molar-refractivity contribution in [1.82, 2.24) is 0 Å². The number of nitrogens with two attached hydrogens (primary N) is 2. The fourth-order valence-corrected chi connectivity index (χ4v) is 1.56. The van der Waals surface area contributed by atoms with Gasteiger partial charge in [0, 0.05) is 11.7 Å². The molecule has 7 heteroatoms. The molecule has 1 rings (SSSR count). The maximum Gasteiger partial charge on any atom is 0.250 e. The molecular formula is C12H17Cl2N3O2. The molecular weight excluding hydrogens is 289 g/mol. The van der Waals surface area contributed by atoms with Gasteiger partial charge in [0.15, 0.2) is 0 Å². The SMILES string of the molecule is CC(N)C(C)C(=O)Nc1ccc(C(N)=O)c(Cl)c1.Cl. The van der Waals surface area contributed by atoms with E-state index >= 15 is 0 Å². The highest BCUT2D eigenvalue weighted by molar-refractivity contribution is 6.34. The van der Waals surface area contributed by atoms with Crippen LogP contribution in [0.25, 0.3) is 0 Å². The summed E-state index contributed by atoms with van der Waals surface area (Å²) in [5, 5.41) is 2.88. The second kappa shape index (κ2) is 7.33. The normalized spacial score (nSPS) is 13.1. The van der Waals surface area contributed by atoms with Gasteiger partial charge in [0.25, 0.3) is 0 Å². The van der Waals surface area contributed by atoms with Gasteiger partial charge in [-0.05, 0) is 25.1 Å². The summed E-state index contributed by atoms with van der Waals surface area (Å²) in [4.78, 5) is 22.7. The van der Waals surface area contributed by atoms with Crippen molar-refractivity contribution in [2.45, 2.75) is 19.9 Å². The van der Waals surface area contributed by atoms with Gasteiger partial charge < -0.3 is 16.8 Å². The van der Waals surface area contributed by atoms with Crippen molar-refractivity contribution in [2.24, 2.45) is 17.4 Å². The van der Waals surface area contributed by atoms with Crippen molar-refractivity contribution < 1.29 is 9.59 Å². The minimum absolute atomic E-state index is 0. The first-order valence-corrected chi connectivity index (χ1v) is 5.86. The van der Waals surface area contributed by atoms with E-state index in [0.29, 0.717) is 5.69 Å². The molecule has 0 fully saturated rings. The van der Waals surface area contributed by atoms with E-state index in [1.54, 1.807) is 19.9 Å². The Morgan fingerprint density at radius 1 is 1.32 bits per heavy atom. The summed E-state index contributed by atoms with van der Waals surface area (Å²) in [6.45, 7) is 3.49. The Hall–Kier alpha value is -1.30. The molecule has 1 aromatic carbocycles. The lowest BCUT2D eigenvalue weighted by molar-refractivity contribution is -0.119. The highest BCUT2D eigenvalue weighted by Gasteiger charge is 2.17. The van der Waals surface area contributed by atoms with Crippen molar-refractivity contribution in [3.05, 3.63) is 28.8 Å². The molecule has 0 aliphatic rings.